The molecule has 0 spiro atoms. The number of nitrogens with two attached hydrogens (primary N) is 1. The number of rotatable bonds is 13. The number of guanidine groups is 1. The minimum absolute atomic E-state index is 0. The van der Waals surface area contributed by atoms with Gasteiger partial charge in [-0.15, -0.1) is 12.4 Å². The molecule has 1 aromatic carbocycles. The molecule has 0 radical (unpaired) electrons. The number of carbonyl (C=O) groups excluding carboxylic acids is 2. The zero-order chi connectivity index (χ0) is 28.7. The second kappa shape index (κ2) is 15.2. The lowest BCUT2D eigenvalue weighted by Crippen LogP contribution is -2.50. The van der Waals surface area contributed by atoms with Gasteiger partial charge in [0.25, 0.3) is 0 Å². The minimum Gasteiger partial charge on any atom is -0.466 e. The lowest BCUT2D eigenvalue weighted by Gasteiger charge is -2.34. The van der Waals surface area contributed by atoms with Crippen molar-refractivity contribution in [3.05, 3.63) is 29.8 Å². The van der Waals surface area contributed by atoms with Crippen LogP contribution in [0, 0.1) is 11.3 Å². The van der Waals surface area contributed by atoms with Crippen LogP contribution in [0.1, 0.15) is 89.0 Å². The molecule has 1 aliphatic heterocycles. The molecule has 2 saturated carbocycles. The summed E-state index contributed by atoms with van der Waals surface area (Å²) < 4.78 is 34.8. The first kappa shape index (κ1) is 33.1. The van der Waals surface area contributed by atoms with Gasteiger partial charge >= 0.3 is 5.97 Å². The molecule has 1 amide bonds. The molecule has 2 atom stereocenters. The van der Waals surface area contributed by atoms with Crippen molar-refractivity contribution in [3.8, 4) is 0 Å². The van der Waals surface area contributed by atoms with Crippen molar-refractivity contribution in [2.75, 3.05) is 26.2 Å². The fraction of sp³-hybridized carbons (Fsp3) is 0.690. The molecule has 4 N–H and O–H groups in total. The number of nitrogens with one attached hydrogen (secondary N) is 2. The quantitative estimate of drug-likeness (QED) is 0.175. The number of likely N-dealkylation sites (tertiary alicyclic amines) is 1. The van der Waals surface area contributed by atoms with Crippen molar-refractivity contribution in [2.45, 2.75) is 100 Å². The molecule has 0 aromatic heterocycles. The monoisotopic (exact) mass is 611 g/mol. The molecule has 230 valence electrons. The maximum absolute atomic E-state index is 13.9. The number of benzene rings is 1. The number of ether oxygens (including phenoxy) is 1. The molecule has 3 fully saturated rings. The Labute approximate surface area is 250 Å². The number of amides is 1. The predicted octanol–water partition coefficient (Wildman–Crippen LogP) is 3.74. The summed E-state index contributed by atoms with van der Waals surface area (Å²) in [7, 11) is -3.95. The predicted molar refractivity (Wildman–Crippen MR) is 160 cm³/mol. The molecule has 10 nitrogen and oxygen atoms in total. The highest BCUT2D eigenvalue weighted by Crippen LogP contribution is 2.34. The van der Waals surface area contributed by atoms with Crippen LogP contribution < -0.4 is 10.5 Å². The lowest BCUT2D eigenvalue weighted by atomic mass is 9.91. The van der Waals surface area contributed by atoms with E-state index in [1.165, 1.54) is 12.8 Å². The van der Waals surface area contributed by atoms with Crippen LogP contribution >= 0.6 is 12.4 Å². The van der Waals surface area contributed by atoms with Crippen LogP contribution in [0.25, 0.3) is 0 Å². The Balaban J connectivity index is 0.00000462. The van der Waals surface area contributed by atoms with Gasteiger partial charge in [-0.3, -0.25) is 15.0 Å². The molecule has 1 saturated heterocycles. The van der Waals surface area contributed by atoms with E-state index in [1.807, 2.05) is 17.0 Å². The van der Waals surface area contributed by atoms with E-state index in [4.69, 9.17) is 15.9 Å². The number of nitrogens with zero attached hydrogens (tertiary/aromatic N) is 2. The largest absolute Gasteiger partial charge is 0.466 e. The maximum Gasteiger partial charge on any atom is 0.307 e. The van der Waals surface area contributed by atoms with Gasteiger partial charge in [-0.25, -0.2) is 8.42 Å². The van der Waals surface area contributed by atoms with Crippen LogP contribution in [0.5, 0.6) is 0 Å². The Bertz CT molecular complexity index is 1140. The fourth-order valence-corrected chi connectivity index (χ4v) is 7.32. The van der Waals surface area contributed by atoms with Gasteiger partial charge < -0.3 is 20.3 Å². The molecular weight excluding hydrogens is 566 g/mol. The van der Waals surface area contributed by atoms with Crippen LogP contribution in [0.2, 0.25) is 0 Å². The highest BCUT2D eigenvalue weighted by Gasteiger charge is 2.38. The van der Waals surface area contributed by atoms with E-state index in [0.717, 1.165) is 50.6 Å². The van der Waals surface area contributed by atoms with Crippen LogP contribution in [-0.4, -0.2) is 74.4 Å². The summed E-state index contributed by atoms with van der Waals surface area (Å²) in [4.78, 5) is 29.5. The molecule has 12 heteroatoms. The third kappa shape index (κ3) is 9.31. The van der Waals surface area contributed by atoms with E-state index in [1.54, 1.807) is 24.0 Å². The Hall–Kier alpha value is -2.37. The fourth-order valence-electron chi connectivity index (χ4n) is 6.09. The van der Waals surface area contributed by atoms with Crippen LogP contribution in [0.15, 0.2) is 29.2 Å². The van der Waals surface area contributed by atoms with Crippen molar-refractivity contribution in [1.29, 1.82) is 5.41 Å². The molecule has 1 aromatic rings. The van der Waals surface area contributed by atoms with Gasteiger partial charge in [-0.2, -0.15) is 4.72 Å². The number of hydrogen-bond donors (Lipinski definition) is 3. The van der Waals surface area contributed by atoms with E-state index >= 15 is 0 Å². The van der Waals surface area contributed by atoms with Crippen LogP contribution in [0.4, 0.5) is 0 Å². The number of hydrogen-bond acceptors (Lipinski definition) is 6. The number of esters is 1. The van der Waals surface area contributed by atoms with Crippen molar-refractivity contribution in [1.82, 2.24) is 14.5 Å². The van der Waals surface area contributed by atoms with Gasteiger partial charge in [0.05, 0.1) is 17.9 Å². The summed E-state index contributed by atoms with van der Waals surface area (Å²) in [5, 5.41) is 7.78. The van der Waals surface area contributed by atoms with Gasteiger partial charge in [-0.05, 0) is 87.8 Å². The summed E-state index contributed by atoms with van der Waals surface area (Å²) >= 11 is 0. The van der Waals surface area contributed by atoms with E-state index in [-0.39, 0.29) is 66.7 Å². The SMILES string of the molecule is CCOC(=O)CCN(C(=O)[C@H](CC[C@@H]1CCCN(C(=N)N)C1)NS(=O)(=O)c1ccc(C2CCCC2)cc1)C1CC1.Cl. The third-order valence-electron chi connectivity index (χ3n) is 8.47. The van der Waals surface area contributed by atoms with Gasteiger partial charge in [0, 0.05) is 25.7 Å². The highest BCUT2D eigenvalue weighted by molar-refractivity contribution is 7.89. The first-order valence-electron chi connectivity index (χ1n) is 14.8. The summed E-state index contributed by atoms with van der Waals surface area (Å²) in [5.74, 6) is 0.0646. The topological polar surface area (TPSA) is 146 Å². The number of sulfonamides is 1. The number of halogens is 1. The maximum atomic E-state index is 13.9. The Morgan fingerprint density at radius 3 is 2.41 bits per heavy atom. The average molecular weight is 612 g/mol. The molecule has 1 heterocycles. The number of piperidine rings is 1. The van der Waals surface area contributed by atoms with E-state index in [9.17, 15) is 18.0 Å². The van der Waals surface area contributed by atoms with Crippen LogP contribution in [-0.2, 0) is 24.3 Å². The molecule has 41 heavy (non-hydrogen) atoms. The smallest absolute Gasteiger partial charge is 0.307 e. The van der Waals surface area contributed by atoms with Crippen molar-refractivity contribution in [2.24, 2.45) is 11.7 Å². The zero-order valence-electron chi connectivity index (χ0n) is 24.1. The van der Waals surface area contributed by atoms with Crippen molar-refractivity contribution < 1.29 is 22.7 Å². The van der Waals surface area contributed by atoms with Gasteiger partial charge in [0.1, 0.15) is 6.04 Å². The molecular formula is C29H46ClN5O5S. The molecule has 0 unspecified atom stereocenters. The Morgan fingerprint density at radius 2 is 1.80 bits per heavy atom. The molecule has 2 aliphatic carbocycles. The summed E-state index contributed by atoms with van der Waals surface area (Å²) in [5.41, 5.74) is 6.87. The summed E-state index contributed by atoms with van der Waals surface area (Å²) in [6.07, 6.45) is 9.22. The van der Waals surface area contributed by atoms with E-state index < -0.39 is 16.1 Å². The van der Waals surface area contributed by atoms with Gasteiger partial charge in [0.15, 0.2) is 5.96 Å². The first-order chi connectivity index (χ1) is 19.2. The van der Waals surface area contributed by atoms with E-state index in [0.29, 0.717) is 25.3 Å². The summed E-state index contributed by atoms with van der Waals surface area (Å²) in [6, 6.07) is 6.15. The molecule has 0 bridgehead atoms. The average Bonchev–Trinajstić information content (AvgIpc) is 3.62. The zero-order valence-corrected chi connectivity index (χ0v) is 25.7. The van der Waals surface area contributed by atoms with Gasteiger partial charge in [0.2, 0.25) is 15.9 Å². The Morgan fingerprint density at radius 1 is 1.12 bits per heavy atom. The Kier molecular flexibility index (Phi) is 12.3. The normalized spacial score (nSPS) is 20.2. The molecule has 3 aliphatic rings. The van der Waals surface area contributed by atoms with Crippen LogP contribution in [0.3, 0.4) is 0 Å². The second-order valence-corrected chi connectivity index (χ2v) is 13.2. The second-order valence-electron chi connectivity index (χ2n) is 11.5. The third-order valence-corrected chi connectivity index (χ3v) is 9.96. The van der Waals surface area contributed by atoms with E-state index in [2.05, 4.69) is 4.72 Å². The lowest BCUT2D eigenvalue weighted by molar-refractivity contribution is -0.144. The standard InChI is InChI=1S/C29H45N5O5S.ClH/c1-2-39-27(35)17-19-34(24-12-13-24)28(36)26(16-9-21-6-5-18-33(20-21)29(30)31)32-40(37,38)25-14-10-23(11-15-25)22-7-3-4-8-22;/h10-11,14-15,21-22,24,26,32H,2-9,12-13,16-20H2,1H3,(H3,30,31);1H/t21-,26-;/m0./s1. The van der Waals surface area contributed by atoms with Gasteiger partial charge in [-0.1, -0.05) is 25.0 Å². The molecule has 4 rings (SSSR count). The van der Waals surface area contributed by atoms with Crippen molar-refractivity contribution >= 4 is 40.3 Å². The number of carbonyl (C=O) groups is 2. The summed E-state index contributed by atoms with van der Waals surface area (Å²) in [6.45, 7) is 3.59. The minimum atomic E-state index is -3.95. The first-order valence-corrected chi connectivity index (χ1v) is 16.3. The highest BCUT2D eigenvalue weighted by atomic mass is 35.5. The van der Waals surface area contributed by atoms with Crippen molar-refractivity contribution in [3.63, 3.8) is 0 Å².